The van der Waals surface area contributed by atoms with Gasteiger partial charge in [-0.3, -0.25) is 4.90 Å². The van der Waals surface area contributed by atoms with Gasteiger partial charge in [-0.05, 0) is 19.3 Å². The first-order valence-corrected chi connectivity index (χ1v) is 4.86. The Balaban J connectivity index is 0.000000720. The molecule has 0 aromatic heterocycles. The molecule has 13 heavy (non-hydrogen) atoms. The van der Waals surface area contributed by atoms with Crippen LogP contribution in [0.4, 0.5) is 0 Å². The molecule has 2 N–H and O–H groups in total. The summed E-state index contributed by atoms with van der Waals surface area (Å²) in [5.41, 5.74) is 5.85. The highest BCUT2D eigenvalue weighted by molar-refractivity contribution is 5.85. The van der Waals surface area contributed by atoms with Crippen molar-refractivity contribution in [3.63, 3.8) is 0 Å². The number of halogens is 2. The van der Waals surface area contributed by atoms with E-state index in [1.807, 2.05) is 0 Å². The van der Waals surface area contributed by atoms with Crippen LogP contribution in [0, 0.1) is 0 Å². The lowest BCUT2D eigenvalue weighted by Gasteiger charge is -2.22. The van der Waals surface area contributed by atoms with Gasteiger partial charge >= 0.3 is 0 Å². The van der Waals surface area contributed by atoms with Gasteiger partial charge in [-0.1, -0.05) is 12.8 Å². The van der Waals surface area contributed by atoms with Gasteiger partial charge in [-0.25, -0.2) is 0 Å². The van der Waals surface area contributed by atoms with Gasteiger partial charge in [-0.15, -0.1) is 24.8 Å². The normalized spacial score (nSPS) is 29.8. The average molecular weight is 227 g/mol. The van der Waals surface area contributed by atoms with Crippen LogP contribution in [0.3, 0.4) is 0 Å². The summed E-state index contributed by atoms with van der Waals surface area (Å²) in [6.45, 7) is 2.41. The maximum Gasteiger partial charge on any atom is 0.0180 e. The van der Waals surface area contributed by atoms with Crippen LogP contribution in [0.5, 0.6) is 0 Å². The molecule has 2 rings (SSSR count). The molecule has 1 aliphatic heterocycles. The van der Waals surface area contributed by atoms with E-state index in [1.165, 1.54) is 38.6 Å². The summed E-state index contributed by atoms with van der Waals surface area (Å²) in [6, 6.07) is 1.36. The Morgan fingerprint density at radius 1 is 1.00 bits per heavy atom. The molecule has 0 aromatic carbocycles. The fourth-order valence-corrected chi connectivity index (χ4v) is 2.42. The van der Waals surface area contributed by atoms with Crippen molar-refractivity contribution in [1.82, 2.24) is 4.90 Å². The van der Waals surface area contributed by atoms with Crippen molar-refractivity contribution in [3.8, 4) is 0 Å². The monoisotopic (exact) mass is 226 g/mol. The molecule has 2 nitrogen and oxygen atoms in total. The van der Waals surface area contributed by atoms with Crippen LogP contribution in [-0.4, -0.2) is 30.1 Å². The van der Waals surface area contributed by atoms with E-state index in [0.29, 0.717) is 6.04 Å². The van der Waals surface area contributed by atoms with Gasteiger partial charge in [0.05, 0.1) is 0 Å². The van der Waals surface area contributed by atoms with Gasteiger partial charge in [0.1, 0.15) is 0 Å². The Kier molecular flexibility index (Phi) is 6.31. The van der Waals surface area contributed by atoms with Crippen molar-refractivity contribution >= 4 is 24.8 Å². The second-order valence-corrected chi connectivity index (χ2v) is 3.98. The molecule has 1 saturated heterocycles. The smallest absolute Gasteiger partial charge is 0.0180 e. The topological polar surface area (TPSA) is 29.3 Å². The molecule has 0 radical (unpaired) electrons. The van der Waals surface area contributed by atoms with Crippen molar-refractivity contribution in [3.05, 3.63) is 0 Å². The Hall–Kier alpha value is 0.500. The fraction of sp³-hybridized carbons (Fsp3) is 1.00. The highest BCUT2D eigenvalue weighted by atomic mass is 35.5. The minimum atomic E-state index is 0. The minimum Gasteiger partial charge on any atom is -0.326 e. The van der Waals surface area contributed by atoms with E-state index in [-0.39, 0.29) is 24.8 Å². The summed E-state index contributed by atoms with van der Waals surface area (Å²) in [4.78, 5) is 2.59. The molecule has 1 unspecified atom stereocenters. The fourth-order valence-electron chi connectivity index (χ4n) is 2.42. The zero-order valence-electron chi connectivity index (χ0n) is 7.95. The quantitative estimate of drug-likeness (QED) is 0.740. The van der Waals surface area contributed by atoms with Crippen LogP contribution < -0.4 is 5.73 Å². The largest absolute Gasteiger partial charge is 0.326 e. The van der Waals surface area contributed by atoms with Crippen LogP contribution in [0.1, 0.15) is 32.1 Å². The summed E-state index contributed by atoms with van der Waals surface area (Å²) in [5, 5.41) is 0. The summed E-state index contributed by atoms with van der Waals surface area (Å²) < 4.78 is 0. The van der Waals surface area contributed by atoms with E-state index < -0.39 is 0 Å². The number of nitrogens with zero attached hydrogens (tertiary/aromatic N) is 1. The predicted molar refractivity (Wildman–Crippen MR) is 60.9 cm³/mol. The predicted octanol–water partition coefficient (Wildman–Crippen LogP) is 1.81. The lowest BCUT2D eigenvalue weighted by Crippen LogP contribution is -2.33. The molecule has 1 atom stereocenters. The van der Waals surface area contributed by atoms with Gasteiger partial charge in [0, 0.05) is 25.2 Å². The number of nitrogens with two attached hydrogens (primary N) is 1. The standard InChI is InChI=1S/C9H18N2.2ClH/c10-8-5-6-11(7-8)9-3-1-2-4-9;;/h8-9H,1-7,10H2;2*1H. The average Bonchev–Trinajstić information content (AvgIpc) is 2.55. The van der Waals surface area contributed by atoms with E-state index in [4.69, 9.17) is 5.73 Å². The van der Waals surface area contributed by atoms with E-state index in [0.717, 1.165) is 12.6 Å². The molecule has 80 valence electrons. The molecular weight excluding hydrogens is 207 g/mol. The third-order valence-corrected chi connectivity index (χ3v) is 3.10. The van der Waals surface area contributed by atoms with Crippen LogP contribution in [0.2, 0.25) is 0 Å². The molecule has 2 fully saturated rings. The molecule has 4 heteroatoms. The lowest BCUT2D eigenvalue weighted by atomic mass is 10.2. The van der Waals surface area contributed by atoms with Crippen molar-refractivity contribution in [2.24, 2.45) is 5.73 Å². The van der Waals surface area contributed by atoms with Gasteiger partial charge in [0.25, 0.3) is 0 Å². The van der Waals surface area contributed by atoms with Crippen LogP contribution in [-0.2, 0) is 0 Å². The third-order valence-electron chi connectivity index (χ3n) is 3.10. The molecule has 0 amide bonds. The number of hydrogen-bond acceptors (Lipinski definition) is 2. The van der Waals surface area contributed by atoms with Crippen LogP contribution >= 0.6 is 24.8 Å². The molecule has 0 spiro atoms. The summed E-state index contributed by atoms with van der Waals surface area (Å²) in [6.07, 6.45) is 6.95. The molecule has 1 aliphatic carbocycles. The van der Waals surface area contributed by atoms with E-state index in [2.05, 4.69) is 4.90 Å². The number of likely N-dealkylation sites (tertiary alicyclic amines) is 1. The van der Waals surface area contributed by atoms with E-state index >= 15 is 0 Å². The second kappa shape index (κ2) is 6.07. The zero-order chi connectivity index (χ0) is 7.68. The molecule has 1 heterocycles. The zero-order valence-corrected chi connectivity index (χ0v) is 9.58. The van der Waals surface area contributed by atoms with Gasteiger partial charge in [0.15, 0.2) is 0 Å². The Morgan fingerprint density at radius 2 is 1.62 bits per heavy atom. The van der Waals surface area contributed by atoms with Gasteiger partial charge < -0.3 is 5.73 Å². The number of rotatable bonds is 1. The molecule has 1 saturated carbocycles. The first kappa shape index (κ1) is 13.5. The highest BCUT2D eigenvalue weighted by Gasteiger charge is 2.27. The molecular formula is C9H20Cl2N2. The summed E-state index contributed by atoms with van der Waals surface area (Å²) in [7, 11) is 0. The molecule has 0 aromatic rings. The lowest BCUT2D eigenvalue weighted by molar-refractivity contribution is 0.243. The maximum absolute atomic E-state index is 5.85. The van der Waals surface area contributed by atoms with Crippen molar-refractivity contribution < 1.29 is 0 Å². The van der Waals surface area contributed by atoms with Crippen LogP contribution in [0.15, 0.2) is 0 Å². The first-order valence-electron chi connectivity index (χ1n) is 4.86. The van der Waals surface area contributed by atoms with Crippen LogP contribution in [0.25, 0.3) is 0 Å². The van der Waals surface area contributed by atoms with E-state index in [1.54, 1.807) is 0 Å². The van der Waals surface area contributed by atoms with Gasteiger partial charge in [0.2, 0.25) is 0 Å². The minimum absolute atomic E-state index is 0. The van der Waals surface area contributed by atoms with Crippen molar-refractivity contribution in [1.29, 1.82) is 0 Å². The van der Waals surface area contributed by atoms with Crippen molar-refractivity contribution in [2.75, 3.05) is 13.1 Å². The highest BCUT2D eigenvalue weighted by Crippen LogP contribution is 2.25. The van der Waals surface area contributed by atoms with Gasteiger partial charge in [-0.2, -0.15) is 0 Å². The summed E-state index contributed by atoms with van der Waals surface area (Å²) in [5.74, 6) is 0. The van der Waals surface area contributed by atoms with E-state index in [9.17, 15) is 0 Å². The SMILES string of the molecule is Cl.Cl.NC1CCN(C2CCCC2)C1. The number of hydrogen-bond donors (Lipinski definition) is 1. The Bertz CT molecular complexity index is 138. The third kappa shape index (κ3) is 3.28. The second-order valence-electron chi connectivity index (χ2n) is 3.98. The molecule has 2 aliphatic rings. The molecule has 0 bridgehead atoms. The van der Waals surface area contributed by atoms with Crippen molar-refractivity contribution in [2.45, 2.75) is 44.2 Å². The summed E-state index contributed by atoms with van der Waals surface area (Å²) >= 11 is 0. The maximum atomic E-state index is 5.85. The Morgan fingerprint density at radius 3 is 2.08 bits per heavy atom. The first-order chi connectivity index (χ1) is 5.36. The Labute approximate surface area is 93.1 Å².